The lowest BCUT2D eigenvalue weighted by Gasteiger charge is -2.06. The zero-order valence-electron chi connectivity index (χ0n) is 8.18. The third-order valence-electron chi connectivity index (χ3n) is 2.35. The van der Waals surface area contributed by atoms with Crippen LogP contribution in [0.25, 0.3) is 0 Å². The second-order valence-corrected chi connectivity index (χ2v) is 3.52. The fraction of sp³-hybridized carbons (Fsp3) is 0.250. The van der Waals surface area contributed by atoms with E-state index in [4.69, 9.17) is 4.52 Å². The van der Waals surface area contributed by atoms with Gasteiger partial charge in [0.2, 0.25) is 0 Å². The molecular weight excluding hydrogens is 174 g/mol. The quantitative estimate of drug-likeness (QED) is 0.738. The van der Waals surface area contributed by atoms with Crippen LogP contribution in [0.2, 0.25) is 0 Å². The molecule has 1 unspecified atom stereocenters. The van der Waals surface area contributed by atoms with Gasteiger partial charge in [0.15, 0.2) is 0 Å². The zero-order chi connectivity index (χ0) is 9.80. The van der Waals surface area contributed by atoms with Crippen LogP contribution in [0.15, 0.2) is 47.2 Å². The van der Waals surface area contributed by atoms with Gasteiger partial charge in [0.25, 0.3) is 0 Å². The van der Waals surface area contributed by atoms with Crippen molar-refractivity contribution in [2.24, 2.45) is 0 Å². The number of rotatable bonds is 3. The molecule has 0 spiro atoms. The van der Waals surface area contributed by atoms with E-state index in [1.165, 1.54) is 5.56 Å². The molecule has 0 N–H and O–H groups in total. The first kappa shape index (κ1) is 9.00. The van der Waals surface area contributed by atoms with Gasteiger partial charge in [-0.3, -0.25) is 0 Å². The predicted octanol–water partition coefficient (Wildman–Crippen LogP) is 3.02. The molecule has 1 aromatic heterocycles. The Morgan fingerprint density at radius 1 is 1.21 bits per heavy atom. The van der Waals surface area contributed by atoms with Crippen molar-refractivity contribution < 1.29 is 4.52 Å². The summed E-state index contributed by atoms with van der Waals surface area (Å²) < 4.78 is 4.82. The maximum Gasteiger partial charge on any atom is 0.124 e. The van der Waals surface area contributed by atoms with Gasteiger partial charge in [-0.1, -0.05) is 42.4 Å². The van der Waals surface area contributed by atoms with Crippen LogP contribution in [0.3, 0.4) is 0 Å². The topological polar surface area (TPSA) is 26.0 Å². The highest BCUT2D eigenvalue weighted by molar-refractivity contribution is 5.18. The van der Waals surface area contributed by atoms with E-state index in [-0.39, 0.29) is 0 Å². The van der Waals surface area contributed by atoms with Crippen LogP contribution in [0.4, 0.5) is 0 Å². The van der Waals surface area contributed by atoms with Gasteiger partial charge in [-0.25, -0.2) is 0 Å². The highest BCUT2D eigenvalue weighted by Crippen LogP contribution is 2.18. The third-order valence-corrected chi connectivity index (χ3v) is 2.35. The molecule has 0 aliphatic rings. The van der Waals surface area contributed by atoms with Gasteiger partial charge in [0, 0.05) is 12.0 Å². The van der Waals surface area contributed by atoms with Gasteiger partial charge in [-0.2, -0.15) is 0 Å². The van der Waals surface area contributed by atoms with Crippen molar-refractivity contribution in [1.82, 2.24) is 5.16 Å². The average Bonchev–Trinajstić information content (AvgIpc) is 2.72. The number of aromatic nitrogens is 1. The normalized spacial score (nSPS) is 12.6. The lowest BCUT2D eigenvalue weighted by Crippen LogP contribution is -1.98. The molecule has 0 saturated carbocycles. The Balaban J connectivity index is 2.06. The number of benzene rings is 1. The molecule has 14 heavy (non-hydrogen) atoms. The Labute approximate surface area is 83.5 Å². The number of hydrogen-bond acceptors (Lipinski definition) is 2. The van der Waals surface area contributed by atoms with E-state index >= 15 is 0 Å². The molecule has 2 aromatic rings. The summed E-state index contributed by atoms with van der Waals surface area (Å²) in [6, 6.07) is 12.3. The molecule has 1 atom stereocenters. The molecule has 0 fully saturated rings. The molecule has 72 valence electrons. The van der Waals surface area contributed by atoms with Crippen molar-refractivity contribution in [2.45, 2.75) is 19.3 Å². The molecule has 2 rings (SSSR count). The van der Waals surface area contributed by atoms with Gasteiger partial charge in [-0.05, 0) is 12.0 Å². The Morgan fingerprint density at radius 3 is 2.64 bits per heavy atom. The van der Waals surface area contributed by atoms with Crippen molar-refractivity contribution >= 4 is 0 Å². The first-order valence-corrected chi connectivity index (χ1v) is 4.80. The monoisotopic (exact) mass is 187 g/mol. The molecule has 2 nitrogen and oxygen atoms in total. The van der Waals surface area contributed by atoms with Gasteiger partial charge < -0.3 is 4.52 Å². The molecule has 1 aromatic carbocycles. The Morgan fingerprint density at radius 2 is 2.00 bits per heavy atom. The lowest BCUT2D eigenvalue weighted by molar-refractivity contribution is 0.406. The summed E-state index contributed by atoms with van der Waals surface area (Å²) in [5.41, 5.74) is 2.36. The predicted molar refractivity (Wildman–Crippen MR) is 55.1 cm³/mol. The summed E-state index contributed by atoms with van der Waals surface area (Å²) in [6.07, 6.45) is 2.63. The van der Waals surface area contributed by atoms with Crippen LogP contribution in [0.1, 0.15) is 24.1 Å². The van der Waals surface area contributed by atoms with Crippen LogP contribution >= 0.6 is 0 Å². The largest absolute Gasteiger partial charge is 0.365 e. The van der Waals surface area contributed by atoms with E-state index in [0.717, 1.165) is 12.1 Å². The molecule has 2 heteroatoms. The molecule has 1 heterocycles. The van der Waals surface area contributed by atoms with Crippen molar-refractivity contribution in [1.29, 1.82) is 0 Å². The Bertz CT molecular complexity index is 366. The Hall–Kier alpha value is -1.57. The maximum atomic E-state index is 4.82. The first-order valence-electron chi connectivity index (χ1n) is 4.80. The minimum atomic E-state index is 0.413. The number of hydrogen-bond donors (Lipinski definition) is 0. The second-order valence-electron chi connectivity index (χ2n) is 3.52. The molecule has 0 aliphatic carbocycles. The zero-order valence-corrected chi connectivity index (χ0v) is 8.18. The standard InChI is InChI=1S/C12H13NO/c1-10(12-7-8-14-13-12)9-11-5-3-2-4-6-11/h2-8,10H,9H2,1H3. The van der Waals surface area contributed by atoms with Crippen LogP contribution in [0, 0.1) is 0 Å². The maximum absolute atomic E-state index is 4.82. The highest BCUT2D eigenvalue weighted by Gasteiger charge is 2.08. The van der Waals surface area contributed by atoms with E-state index in [2.05, 4.69) is 36.3 Å². The first-order chi connectivity index (χ1) is 6.86. The van der Waals surface area contributed by atoms with Crippen molar-refractivity contribution in [2.75, 3.05) is 0 Å². The van der Waals surface area contributed by atoms with Crippen LogP contribution in [-0.2, 0) is 6.42 Å². The molecular formula is C12H13NO. The van der Waals surface area contributed by atoms with Gasteiger partial charge in [-0.15, -0.1) is 0 Å². The SMILES string of the molecule is CC(Cc1ccccc1)c1ccon1. The highest BCUT2D eigenvalue weighted by atomic mass is 16.5. The summed E-state index contributed by atoms with van der Waals surface area (Å²) in [5.74, 6) is 0.413. The summed E-state index contributed by atoms with van der Waals surface area (Å²) in [5, 5.41) is 3.94. The van der Waals surface area contributed by atoms with Crippen LogP contribution in [-0.4, -0.2) is 5.16 Å². The van der Waals surface area contributed by atoms with Gasteiger partial charge in [0.1, 0.15) is 6.26 Å². The molecule has 0 radical (unpaired) electrons. The van der Waals surface area contributed by atoms with Crippen LogP contribution < -0.4 is 0 Å². The smallest absolute Gasteiger partial charge is 0.124 e. The number of nitrogens with zero attached hydrogens (tertiary/aromatic N) is 1. The lowest BCUT2D eigenvalue weighted by atomic mass is 9.98. The summed E-state index contributed by atoms with van der Waals surface area (Å²) >= 11 is 0. The summed E-state index contributed by atoms with van der Waals surface area (Å²) in [6.45, 7) is 2.16. The van der Waals surface area contributed by atoms with E-state index in [9.17, 15) is 0 Å². The van der Waals surface area contributed by atoms with E-state index in [1.54, 1.807) is 6.26 Å². The van der Waals surface area contributed by atoms with Crippen LogP contribution in [0.5, 0.6) is 0 Å². The Kier molecular flexibility index (Phi) is 2.63. The molecule has 0 amide bonds. The van der Waals surface area contributed by atoms with E-state index in [0.29, 0.717) is 5.92 Å². The minimum absolute atomic E-state index is 0.413. The van der Waals surface area contributed by atoms with Gasteiger partial charge >= 0.3 is 0 Å². The minimum Gasteiger partial charge on any atom is -0.365 e. The van der Waals surface area contributed by atoms with Crippen molar-refractivity contribution in [3.8, 4) is 0 Å². The van der Waals surface area contributed by atoms with Crippen molar-refractivity contribution in [3.63, 3.8) is 0 Å². The van der Waals surface area contributed by atoms with E-state index < -0.39 is 0 Å². The van der Waals surface area contributed by atoms with Gasteiger partial charge in [0.05, 0.1) is 5.69 Å². The summed E-state index contributed by atoms with van der Waals surface area (Å²) in [7, 11) is 0. The molecule has 0 bridgehead atoms. The fourth-order valence-electron chi connectivity index (χ4n) is 1.55. The summed E-state index contributed by atoms with van der Waals surface area (Å²) in [4.78, 5) is 0. The van der Waals surface area contributed by atoms with Crippen molar-refractivity contribution in [3.05, 3.63) is 53.9 Å². The fourth-order valence-corrected chi connectivity index (χ4v) is 1.55. The second kappa shape index (κ2) is 4.09. The third kappa shape index (κ3) is 2.02. The van der Waals surface area contributed by atoms with E-state index in [1.807, 2.05) is 12.1 Å². The molecule has 0 aliphatic heterocycles. The molecule has 0 saturated heterocycles. The average molecular weight is 187 g/mol.